The lowest BCUT2D eigenvalue weighted by atomic mass is 10.2. The molecule has 0 amide bonds. The van der Waals surface area contributed by atoms with Crippen molar-refractivity contribution in [3.63, 3.8) is 0 Å². The van der Waals surface area contributed by atoms with E-state index >= 15 is 0 Å². The minimum atomic E-state index is 0.234. The summed E-state index contributed by atoms with van der Waals surface area (Å²) in [5, 5.41) is 4.54. The lowest BCUT2D eigenvalue weighted by Gasteiger charge is -2.31. The molecule has 4 rings (SSSR count). The maximum absolute atomic E-state index is 5.78. The molecule has 0 spiro atoms. The van der Waals surface area contributed by atoms with Gasteiger partial charge < -0.3 is 23.5 Å². The molecule has 1 unspecified atom stereocenters. The second-order valence-electron chi connectivity index (χ2n) is 6.31. The summed E-state index contributed by atoms with van der Waals surface area (Å²) in [6.07, 6.45) is 0.469. The highest BCUT2D eigenvalue weighted by Gasteiger charge is 2.26. The molecule has 128 valence electrons. The van der Waals surface area contributed by atoms with Crippen LogP contribution < -0.4 is 14.4 Å². The van der Waals surface area contributed by atoms with Gasteiger partial charge >= 0.3 is 0 Å². The van der Waals surface area contributed by atoms with Gasteiger partial charge in [-0.2, -0.15) is 4.68 Å². The third kappa shape index (κ3) is 3.04. The zero-order valence-electron chi connectivity index (χ0n) is 13.7. The van der Waals surface area contributed by atoms with E-state index in [9.17, 15) is 0 Å². The van der Waals surface area contributed by atoms with Crippen molar-refractivity contribution < 1.29 is 23.5 Å². The van der Waals surface area contributed by atoms with Crippen molar-refractivity contribution in [2.75, 3.05) is 19.9 Å². The molecule has 1 N–H and O–H groups in total. The lowest BCUT2D eigenvalue weighted by Crippen LogP contribution is -3.14. The predicted molar refractivity (Wildman–Crippen MR) is 87.6 cm³/mol. The molecule has 0 aliphatic carbocycles. The smallest absolute Gasteiger partial charge is 0.292 e. The van der Waals surface area contributed by atoms with Crippen molar-refractivity contribution in [1.29, 1.82) is 0 Å². The largest absolute Gasteiger partial charge is 0.454 e. The molecular formula is C16H20N3O4S+. The van der Waals surface area contributed by atoms with Gasteiger partial charge in [-0.1, -0.05) is 0 Å². The average molecular weight is 350 g/mol. The lowest BCUT2D eigenvalue weighted by molar-refractivity contribution is -0.937. The van der Waals surface area contributed by atoms with E-state index in [1.54, 1.807) is 4.68 Å². The number of ether oxygens (including phenoxy) is 3. The molecule has 2 aliphatic rings. The van der Waals surface area contributed by atoms with Crippen molar-refractivity contribution in [1.82, 2.24) is 9.78 Å². The van der Waals surface area contributed by atoms with Gasteiger partial charge in [-0.05, 0) is 44.3 Å². The van der Waals surface area contributed by atoms with Crippen LogP contribution in [-0.4, -0.2) is 41.9 Å². The van der Waals surface area contributed by atoms with Gasteiger partial charge in [0.1, 0.15) is 25.3 Å². The molecule has 24 heavy (non-hydrogen) atoms. The van der Waals surface area contributed by atoms with Gasteiger partial charge in [-0.25, -0.2) is 0 Å². The summed E-state index contributed by atoms with van der Waals surface area (Å²) >= 11 is 5.33. The number of morpholine rings is 1. The van der Waals surface area contributed by atoms with E-state index < -0.39 is 0 Å². The maximum atomic E-state index is 5.78. The molecule has 2 aromatic rings. The summed E-state index contributed by atoms with van der Waals surface area (Å²) in [5.41, 5.74) is 0.822. The molecule has 1 saturated heterocycles. The van der Waals surface area contributed by atoms with Gasteiger partial charge in [0.05, 0.1) is 0 Å². The number of rotatable bonds is 3. The number of hydrogen-bond acceptors (Lipinski definition) is 6. The Labute approximate surface area is 144 Å². The summed E-state index contributed by atoms with van der Waals surface area (Å²) in [4.78, 5) is 1.75. The number of aromatic nitrogens is 2. The minimum absolute atomic E-state index is 0.234. The van der Waals surface area contributed by atoms with Crippen molar-refractivity contribution >= 4 is 12.2 Å². The Balaban J connectivity index is 1.55. The Kier molecular flexibility index (Phi) is 4.03. The SMILES string of the molecule is C[C@@H]1C[NH+](Cn2nc(-c3ccc4c(c3)OCO4)oc2=S)C[C@H](C)O1. The van der Waals surface area contributed by atoms with Crippen LogP contribution in [-0.2, 0) is 11.4 Å². The zero-order chi connectivity index (χ0) is 16.7. The van der Waals surface area contributed by atoms with E-state index in [2.05, 4.69) is 18.9 Å². The van der Waals surface area contributed by atoms with Crippen LogP contribution in [0.4, 0.5) is 0 Å². The fourth-order valence-corrected chi connectivity index (χ4v) is 3.47. The quantitative estimate of drug-likeness (QED) is 0.841. The molecule has 1 fully saturated rings. The van der Waals surface area contributed by atoms with Crippen molar-refractivity contribution in [3.05, 3.63) is 23.0 Å². The topological polar surface area (TPSA) is 63.1 Å². The van der Waals surface area contributed by atoms with E-state index in [-0.39, 0.29) is 19.0 Å². The molecule has 3 heterocycles. The molecule has 8 heteroatoms. The van der Waals surface area contributed by atoms with E-state index in [0.717, 1.165) is 24.4 Å². The summed E-state index contributed by atoms with van der Waals surface area (Å²) in [6, 6.07) is 5.61. The Morgan fingerprint density at radius 2 is 1.96 bits per heavy atom. The molecule has 2 aliphatic heterocycles. The van der Waals surface area contributed by atoms with Crippen LogP contribution in [0.25, 0.3) is 11.5 Å². The Morgan fingerprint density at radius 3 is 2.75 bits per heavy atom. The normalized spacial score (nSPS) is 25.8. The second-order valence-corrected chi connectivity index (χ2v) is 6.66. The number of quaternary nitrogens is 1. The molecule has 3 atom stereocenters. The first-order valence-electron chi connectivity index (χ1n) is 8.05. The summed E-state index contributed by atoms with van der Waals surface area (Å²) in [6.45, 7) is 6.96. The Morgan fingerprint density at radius 1 is 1.21 bits per heavy atom. The van der Waals surface area contributed by atoms with Gasteiger partial charge in [-0.15, -0.1) is 5.10 Å². The minimum Gasteiger partial charge on any atom is -0.454 e. The summed E-state index contributed by atoms with van der Waals surface area (Å²) < 4.78 is 23.9. The first-order chi connectivity index (χ1) is 11.6. The molecule has 7 nitrogen and oxygen atoms in total. The van der Waals surface area contributed by atoms with Crippen LogP contribution in [0.5, 0.6) is 11.5 Å². The Bertz CT molecular complexity index is 793. The van der Waals surface area contributed by atoms with E-state index in [1.807, 2.05) is 18.2 Å². The summed E-state index contributed by atoms with van der Waals surface area (Å²) in [5.74, 6) is 1.93. The number of fused-ring (bicyclic) bond motifs is 1. The highest BCUT2D eigenvalue weighted by Crippen LogP contribution is 2.35. The third-order valence-electron chi connectivity index (χ3n) is 4.22. The first-order valence-corrected chi connectivity index (χ1v) is 8.46. The molecule has 0 saturated carbocycles. The van der Waals surface area contributed by atoms with Gasteiger partial charge in [0.25, 0.3) is 4.84 Å². The van der Waals surface area contributed by atoms with Crippen LogP contribution in [0.2, 0.25) is 0 Å². The fourth-order valence-electron chi connectivity index (χ4n) is 3.28. The van der Waals surface area contributed by atoms with Gasteiger partial charge in [0, 0.05) is 5.56 Å². The molecule has 0 radical (unpaired) electrons. The van der Waals surface area contributed by atoms with Gasteiger partial charge in [-0.3, -0.25) is 0 Å². The van der Waals surface area contributed by atoms with Gasteiger partial charge in [0.15, 0.2) is 18.2 Å². The molecule has 0 bridgehead atoms. The predicted octanol–water partition coefficient (Wildman–Crippen LogP) is 1.25. The van der Waals surface area contributed by atoms with Crippen LogP contribution in [0.1, 0.15) is 13.8 Å². The molecular weight excluding hydrogens is 330 g/mol. The maximum Gasteiger partial charge on any atom is 0.292 e. The highest BCUT2D eigenvalue weighted by molar-refractivity contribution is 7.71. The highest BCUT2D eigenvalue weighted by atomic mass is 32.1. The van der Waals surface area contributed by atoms with E-state index in [0.29, 0.717) is 23.1 Å². The van der Waals surface area contributed by atoms with Crippen LogP contribution >= 0.6 is 12.2 Å². The van der Waals surface area contributed by atoms with Crippen LogP contribution in [0.15, 0.2) is 22.6 Å². The van der Waals surface area contributed by atoms with Crippen LogP contribution in [0, 0.1) is 4.84 Å². The average Bonchev–Trinajstić information content (AvgIpc) is 3.12. The molecule has 1 aromatic heterocycles. The fraction of sp³-hybridized carbons (Fsp3) is 0.500. The second kappa shape index (κ2) is 6.19. The van der Waals surface area contributed by atoms with Crippen LogP contribution in [0.3, 0.4) is 0 Å². The third-order valence-corrected chi connectivity index (χ3v) is 4.51. The van der Waals surface area contributed by atoms with Crippen molar-refractivity contribution in [2.45, 2.75) is 32.7 Å². The number of nitrogens with zero attached hydrogens (tertiary/aromatic N) is 2. The molecule has 1 aromatic carbocycles. The monoisotopic (exact) mass is 350 g/mol. The first kappa shape index (κ1) is 15.6. The van der Waals surface area contributed by atoms with E-state index in [4.69, 9.17) is 30.8 Å². The number of hydrogen-bond donors (Lipinski definition) is 1. The number of nitrogens with one attached hydrogen (secondary N) is 1. The standard InChI is InChI=1S/C16H19N3O4S/c1-10-6-18(7-11(2)22-10)8-19-16(24)23-15(17-19)12-3-4-13-14(5-12)21-9-20-13/h3-5,10-11H,6-9H2,1-2H3/p+1/t10-,11+. The summed E-state index contributed by atoms with van der Waals surface area (Å²) in [7, 11) is 0. The van der Waals surface area contributed by atoms with Gasteiger partial charge in [0.2, 0.25) is 12.7 Å². The zero-order valence-corrected chi connectivity index (χ0v) is 14.5. The van der Waals surface area contributed by atoms with Crippen molar-refractivity contribution in [3.8, 4) is 23.0 Å². The van der Waals surface area contributed by atoms with E-state index in [1.165, 1.54) is 4.90 Å². The Hall–Kier alpha value is -1.90. The number of benzene rings is 1. The van der Waals surface area contributed by atoms with Crippen molar-refractivity contribution in [2.24, 2.45) is 0 Å².